The lowest BCUT2D eigenvalue weighted by Gasteiger charge is -2.09. The average molecular weight is 223 g/mol. The number of rotatable bonds is 4. The summed E-state index contributed by atoms with van der Waals surface area (Å²) in [4.78, 5) is 11.8. The number of carbonyl (C=O) groups excluding carboxylic acids is 1. The number of hydrogen-bond acceptors (Lipinski definition) is 3. The van der Waals surface area contributed by atoms with E-state index in [4.69, 9.17) is 10.8 Å². The van der Waals surface area contributed by atoms with Crippen LogP contribution in [0.3, 0.4) is 0 Å². The highest BCUT2D eigenvalue weighted by Crippen LogP contribution is 2.37. The van der Waals surface area contributed by atoms with Crippen molar-refractivity contribution in [1.82, 2.24) is 9.88 Å². The van der Waals surface area contributed by atoms with Crippen LogP contribution in [-0.2, 0) is 0 Å². The lowest BCUT2D eigenvalue weighted by atomic mass is 10.3. The second kappa shape index (κ2) is 4.17. The SMILES string of the molecule is C[C@H](O)CNC(=O)c1cc(N)cn1C1CC1. The van der Waals surface area contributed by atoms with Gasteiger partial charge in [0.15, 0.2) is 0 Å². The predicted octanol–water partition coefficient (Wildman–Crippen LogP) is 0.516. The third-order valence-corrected chi connectivity index (χ3v) is 2.60. The number of nitrogen functional groups attached to an aromatic ring is 1. The molecule has 0 unspecified atom stereocenters. The van der Waals surface area contributed by atoms with Crippen LogP contribution in [0.25, 0.3) is 0 Å². The highest BCUT2D eigenvalue weighted by Gasteiger charge is 2.27. The highest BCUT2D eigenvalue weighted by atomic mass is 16.3. The summed E-state index contributed by atoms with van der Waals surface area (Å²) in [5.74, 6) is -0.176. The maximum atomic E-state index is 11.8. The van der Waals surface area contributed by atoms with E-state index in [0.717, 1.165) is 12.8 Å². The molecule has 1 amide bonds. The van der Waals surface area contributed by atoms with Crippen LogP contribution >= 0.6 is 0 Å². The van der Waals surface area contributed by atoms with Crippen LogP contribution in [0.15, 0.2) is 12.3 Å². The first kappa shape index (κ1) is 11.0. The Bertz CT molecular complexity index is 394. The van der Waals surface area contributed by atoms with Crippen LogP contribution in [0.1, 0.15) is 36.3 Å². The normalized spacial score (nSPS) is 17.1. The van der Waals surface area contributed by atoms with E-state index in [1.165, 1.54) is 0 Å². The first-order valence-corrected chi connectivity index (χ1v) is 5.51. The van der Waals surface area contributed by atoms with Crippen LogP contribution < -0.4 is 11.1 Å². The molecule has 0 radical (unpaired) electrons. The number of aliphatic hydroxyl groups is 1. The van der Waals surface area contributed by atoms with Crippen molar-refractivity contribution in [2.75, 3.05) is 12.3 Å². The number of amides is 1. The summed E-state index contributed by atoms with van der Waals surface area (Å²) in [6.45, 7) is 1.89. The van der Waals surface area contributed by atoms with Gasteiger partial charge in [-0.25, -0.2) is 0 Å². The smallest absolute Gasteiger partial charge is 0.268 e. The molecule has 0 spiro atoms. The Kier molecular flexibility index (Phi) is 2.87. The second-order valence-electron chi connectivity index (χ2n) is 4.36. The standard InChI is InChI=1S/C11H17N3O2/c1-7(15)5-13-11(16)10-4-8(12)6-14(10)9-2-3-9/h4,6-7,9,15H,2-3,5,12H2,1H3,(H,13,16)/t7-/m0/s1. The Morgan fingerprint density at radius 2 is 2.44 bits per heavy atom. The maximum Gasteiger partial charge on any atom is 0.268 e. The monoisotopic (exact) mass is 223 g/mol. The molecule has 88 valence electrons. The van der Waals surface area contributed by atoms with E-state index in [0.29, 0.717) is 17.4 Å². The zero-order valence-electron chi connectivity index (χ0n) is 9.31. The number of carbonyl (C=O) groups is 1. The molecule has 0 aromatic carbocycles. The van der Waals surface area contributed by atoms with Crippen molar-refractivity contribution in [3.8, 4) is 0 Å². The number of nitrogens with zero attached hydrogens (tertiary/aromatic N) is 1. The van der Waals surface area contributed by atoms with E-state index in [-0.39, 0.29) is 12.5 Å². The molecule has 1 atom stereocenters. The van der Waals surface area contributed by atoms with E-state index in [9.17, 15) is 4.79 Å². The molecule has 1 fully saturated rings. The van der Waals surface area contributed by atoms with Crippen LogP contribution in [0.2, 0.25) is 0 Å². The lowest BCUT2D eigenvalue weighted by molar-refractivity contribution is 0.0914. The van der Waals surface area contributed by atoms with Gasteiger partial charge in [-0.05, 0) is 25.8 Å². The molecule has 0 bridgehead atoms. The molecule has 1 aromatic heterocycles. The summed E-state index contributed by atoms with van der Waals surface area (Å²) in [5.41, 5.74) is 6.88. The summed E-state index contributed by atoms with van der Waals surface area (Å²) in [6, 6.07) is 2.10. The van der Waals surface area contributed by atoms with Crippen molar-refractivity contribution in [2.24, 2.45) is 0 Å². The van der Waals surface area contributed by atoms with Gasteiger partial charge >= 0.3 is 0 Å². The third kappa shape index (κ3) is 2.36. The van der Waals surface area contributed by atoms with Crippen molar-refractivity contribution in [3.63, 3.8) is 0 Å². The minimum Gasteiger partial charge on any atom is -0.397 e. The molecule has 1 saturated carbocycles. The Balaban J connectivity index is 2.09. The zero-order valence-corrected chi connectivity index (χ0v) is 9.31. The fourth-order valence-corrected chi connectivity index (χ4v) is 1.67. The Labute approximate surface area is 94.2 Å². The van der Waals surface area contributed by atoms with Gasteiger partial charge in [0.2, 0.25) is 0 Å². The van der Waals surface area contributed by atoms with Gasteiger partial charge in [-0.3, -0.25) is 4.79 Å². The number of anilines is 1. The molecule has 5 heteroatoms. The summed E-state index contributed by atoms with van der Waals surface area (Å²) in [6.07, 6.45) is 3.47. The molecule has 1 heterocycles. The minimum atomic E-state index is -0.536. The fourth-order valence-electron chi connectivity index (χ4n) is 1.67. The number of aliphatic hydroxyl groups excluding tert-OH is 1. The van der Waals surface area contributed by atoms with Crippen LogP contribution in [0.4, 0.5) is 5.69 Å². The average Bonchev–Trinajstić information content (AvgIpc) is 2.98. The topological polar surface area (TPSA) is 80.3 Å². The Morgan fingerprint density at radius 1 is 1.75 bits per heavy atom. The number of nitrogens with two attached hydrogens (primary N) is 1. The van der Waals surface area contributed by atoms with Gasteiger partial charge in [0.05, 0.1) is 11.8 Å². The molecule has 0 saturated heterocycles. The lowest BCUT2D eigenvalue weighted by Crippen LogP contribution is -2.31. The second-order valence-corrected chi connectivity index (χ2v) is 4.36. The summed E-state index contributed by atoms with van der Waals surface area (Å²) < 4.78 is 1.92. The maximum absolute atomic E-state index is 11.8. The molecule has 16 heavy (non-hydrogen) atoms. The van der Waals surface area contributed by atoms with Gasteiger partial charge in [0.25, 0.3) is 5.91 Å². The number of hydrogen-bond donors (Lipinski definition) is 3. The number of aromatic nitrogens is 1. The van der Waals surface area contributed by atoms with E-state index >= 15 is 0 Å². The zero-order chi connectivity index (χ0) is 11.7. The largest absolute Gasteiger partial charge is 0.397 e. The predicted molar refractivity (Wildman–Crippen MR) is 61.1 cm³/mol. The first-order chi connectivity index (χ1) is 7.58. The molecule has 4 N–H and O–H groups in total. The fraction of sp³-hybridized carbons (Fsp3) is 0.545. The van der Waals surface area contributed by atoms with Crippen LogP contribution in [-0.4, -0.2) is 28.2 Å². The van der Waals surface area contributed by atoms with Crippen molar-refractivity contribution < 1.29 is 9.90 Å². The molecule has 1 aliphatic rings. The van der Waals surface area contributed by atoms with Crippen molar-refractivity contribution in [2.45, 2.75) is 31.9 Å². The van der Waals surface area contributed by atoms with Gasteiger partial charge in [-0.15, -0.1) is 0 Å². The van der Waals surface area contributed by atoms with Gasteiger partial charge in [0.1, 0.15) is 5.69 Å². The molecular weight excluding hydrogens is 206 g/mol. The summed E-state index contributed by atoms with van der Waals surface area (Å²) in [5, 5.41) is 11.8. The van der Waals surface area contributed by atoms with Gasteiger partial charge in [0, 0.05) is 18.8 Å². The Hall–Kier alpha value is -1.49. The molecule has 5 nitrogen and oxygen atoms in total. The van der Waals surface area contributed by atoms with E-state index < -0.39 is 6.10 Å². The van der Waals surface area contributed by atoms with E-state index in [2.05, 4.69) is 5.32 Å². The van der Waals surface area contributed by atoms with Crippen molar-refractivity contribution in [1.29, 1.82) is 0 Å². The van der Waals surface area contributed by atoms with Crippen molar-refractivity contribution in [3.05, 3.63) is 18.0 Å². The van der Waals surface area contributed by atoms with Crippen LogP contribution in [0, 0.1) is 0 Å². The van der Waals surface area contributed by atoms with Crippen LogP contribution in [0.5, 0.6) is 0 Å². The Morgan fingerprint density at radius 3 is 3.00 bits per heavy atom. The molecule has 2 rings (SSSR count). The third-order valence-electron chi connectivity index (χ3n) is 2.60. The molecular formula is C11H17N3O2. The van der Waals surface area contributed by atoms with E-state index in [1.54, 1.807) is 19.2 Å². The van der Waals surface area contributed by atoms with Crippen molar-refractivity contribution >= 4 is 11.6 Å². The first-order valence-electron chi connectivity index (χ1n) is 5.51. The van der Waals surface area contributed by atoms with Gasteiger partial charge < -0.3 is 20.7 Å². The molecule has 1 aromatic rings. The highest BCUT2D eigenvalue weighted by molar-refractivity contribution is 5.93. The number of nitrogens with one attached hydrogen (secondary N) is 1. The van der Waals surface area contributed by atoms with E-state index in [1.807, 2.05) is 4.57 Å². The quantitative estimate of drug-likeness (QED) is 0.696. The van der Waals surface area contributed by atoms with Gasteiger partial charge in [-0.1, -0.05) is 0 Å². The summed E-state index contributed by atoms with van der Waals surface area (Å²) >= 11 is 0. The minimum absolute atomic E-state index is 0.176. The molecule has 0 aliphatic heterocycles. The summed E-state index contributed by atoms with van der Waals surface area (Å²) in [7, 11) is 0. The molecule has 1 aliphatic carbocycles. The van der Waals surface area contributed by atoms with Gasteiger partial charge in [-0.2, -0.15) is 0 Å².